The topological polar surface area (TPSA) is 258 Å². The van der Waals surface area contributed by atoms with Crippen molar-refractivity contribution in [3.05, 3.63) is 84.5 Å². The number of amides is 1. The quantitative estimate of drug-likeness (QED) is 0.0299. The fraction of sp³-hybridized carbons (Fsp3) is 0.733. The molecule has 0 atom stereocenters. The number of pyridine rings is 2. The van der Waals surface area contributed by atoms with Crippen molar-refractivity contribution < 1.29 is 58.3 Å². The van der Waals surface area contributed by atoms with E-state index < -0.39 is 11.9 Å². The number of hydrogen-bond acceptors (Lipinski definition) is 15. The number of esters is 3. The zero-order valence-corrected chi connectivity index (χ0v) is 64.2. The van der Waals surface area contributed by atoms with E-state index in [2.05, 4.69) is 155 Å². The molecule has 93 heavy (non-hydrogen) atoms. The molecule has 0 saturated carbocycles. The van der Waals surface area contributed by atoms with Gasteiger partial charge >= 0.3 is 29.8 Å². The van der Waals surface area contributed by atoms with Crippen molar-refractivity contribution >= 4 is 35.8 Å². The van der Waals surface area contributed by atoms with E-state index in [0.717, 1.165) is 95.7 Å². The first kappa shape index (κ1) is 112. The third kappa shape index (κ3) is 169. The van der Waals surface area contributed by atoms with Crippen LogP contribution in [0.2, 0.25) is 0 Å². The number of carboxylic acids is 2. The van der Waals surface area contributed by atoms with Crippen molar-refractivity contribution in [3.63, 3.8) is 0 Å². The Morgan fingerprint density at radius 2 is 0.860 bits per heavy atom. The monoisotopic (exact) mass is 1330 g/mol. The van der Waals surface area contributed by atoms with Gasteiger partial charge in [-0.15, -0.1) is 0 Å². The summed E-state index contributed by atoms with van der Waals surface area (Å²) in [6, 6.07) is 10.1. The third-order valence-electron chi connectivity index (χ3n) is 9.69. The molecule has 0 aliphatic heterocycles. The number of aliphatic hydroxyl groups is 1. The van der Waals surface area contributed by atoms with E-state index in [1.54, 1.807) is 12.4 Å². The van der Waals surface area contributed by atoms with E-state index in [4.69, 9.17) is 20.1 Å². The highest BCUT2D eigenvalue weighted by atomic mass is 16.5. The Morgan fingerprint density at radius 3 is 1.13 bits per heavy atom. The molecule has 0 fully saturated rings. The molecule has 0 spiro atoms. The summed E-state index contributed by atoms with van der Waals surface area (Å²) in [6.45, 7) is 45.4. The molecule has 0 aliphatic rings. The van der Waals surface area contributed by atoms with E-state index >= 15 is 0 Å². The molecular weight excluding hydrogens is 1180 g/mol. The van der Waals surface area contributed by atoms with Crippen LogP contribution in [0.25, 0.3) is 0 Å². The lowest BCUT2D eigenvalue weighted by Crippen LogP contribution is -2.19. The average Bonchev–Trinajstić information content (AvgIpc) is 3.71. The fourth-order valence-electron chi connectivity index (χ4n) is 5.32. The molecule has 0 unspecified atom stereocenters. The van der Waals surface area contributed by atoms with Crippen molar-refractivity contribution in [1.29, 1.82) is 0 Å². The van der Waals surface area contributed by atoms with Crippen LogP contribution in [0.1, 0.15) is 310 Å². The van der Waals surface area contributed by atoms with Gasteiger partial charge in [0.1, 0.15) is 0 Å². The molecule has 0 radical (unpaired) electrons. The highest BCUT2D eigenvalue weighted by Gasteiger charge is 1.93. The van der Waals surface area contributed by atoms with Crippen LogP contribution < -0.4 is 5.32 Å². The third-order valence-corrected chi connectivity index (χ3v) is 9.69. The van der Waals surface area contributed by atoms with E-state index in [-0.39, 0.29) is 23.8 Å². The average molecular weight is 1330 g/mol. The van der Waals surface area contributed by atoms with Crippen LogP contribution in [0.15, 0.2) is 67.5 Å². The second-order valence-electron chi connectivity index (χ2n) is 21.0. The zero-order valence-electron chi connectivity index (χ0n) is 64.2. The first-order chi connectivity index (χ1) is 44.3. The smallest absolute Gasteiger partial charge is 0.303 e. The van der Waals surface area contributed by atoms with Crippen LogP contribution in [0.5, 0.6) is 0 Å². The van der Waals surface area contributed by atoms with Gasteiger partial charge in [-0.1, -0.05) is 207 Å². The molecule has 0 aromatic carbocycles. The lowest BCUT2D eigenvalue weighted by molar-refractivity contribution is -0.142. The van der Waals surface area contributed by atoms with Crippen LogP contribution in [-0.4, -0.2) is 130 Å². The molecule has 550 valence electrons. The maximum atomic E-state index is 10.2. The molecule has 1 amide bonds. The molecule has 0 bridgehead atoms. The van der Waals surface area contributed by atoms with E-state index in [1.165, 1.54) is 116 Å². The van der Waals surface area contributed by atoms with Gasteiger partial charge in [0.25, 0.3) is 0 Å². The summed E-state index contributed by atoms with van der Waals surface area (Å²) in [5.41, 5.74) is 3.66. The number of aliphatic hydroxyl groups excluding tert-OH is 1. The normalized spacial score (nSPS) is 8.74. The summed E-state index contributed by atoms with van der Waals surface area (Å²) in [7, 11) is 4.17. The molecule has 4 N–H and O–H groups in total. The summed E-state index contributed by atoms with van der Waals surface area (Å²) < 4.78 is 13.9. The summed E-state index contributed by atoms with van der Waals surface area (Å²) in [5, 5.41) is 26.5. The maximum Gasteiger partial charge on any atom is 0.303 e. The van der Waals surface area contributed by atoms with Crippen molar-refractivity contribution in [2.24, 2.45) is 0 Å². The van der Waals surface area contributed by atoms with Crippen LogP contribution in [0.4, 0.5) is 0 Å². The predicted molar refractivity (Wildman–Crippen MR) is 394 cm³/mol. The Labute approximate surface area is 572 Å². The molecule has 0 aliphatic carbocycles. The van der Waals surface area contributed by atoms with Crippen molar-refractivity contribution in [3.8, 4) is 0 Å². The number of unbranched alkanes of at least 4 members (excludes halogenated alkanes) is 7. The minimum atomic E-state index is -0.711. The second-order valence-corrected chi connectivity index (χ2v) is 21.0. The van der Waals surface area contributed by atoms with Crippen LogP contribution in [0, 0.1) is 0 Å². The Kier molecular flexibility index (Phi) is 133. The number of aliphatic carboxylic acids is 2. The number of hydrogen-bond donors (Lipinski definition) is 4. The number of ether oxygens (including phenoxy) is 3. The maximum absolute atomic E-state index is 10.2. The molecule has 3 aromatic rings. The number of nitrogens with one attached hydrogen (secondary N) is 1. The number of carboxylic acid groups (broad SMARTS) is 2. The number of rotatable bonds is 28. The Bertz CT molecular complexity index is 1670. The second kappa shape index (κ2) is 111. The summed E-state index contributed by atoms with van der Waals surface area (Å²) in [4.78, 5) is 78.0. The predicted octanol–water partition coefficient (Wildman–Crippen LogP) is 19.0. The molecular formula is C75H148N6O12. The largest absolute Gasteiger partial charge is 0.481 e. The van der Waals surface area contributed by atoms with E-state index in [9.17, 15) is 28.8 Å². The van der Waals surface area contributed by atoms with Gasteiger partial charge in [-0.2, -0.15) is 0 Å². The fourth-order valence-corrected chi connectivity index (χ4v) is 5.32. The van der Waals surface area contributed by atoms with Crippen LogP contribution in [-0.2, 0) is 62.2 Å². The van der Waals surface area contributed by atoms with E-state index in [0.29, 0.717) is 39.3 Å². The van der Waals surface area contributed by atoms with Gasteiger partial charge in [-0.25, -0.2) is 0 Å². The number of carbonyl (C=O) groups is 6. The van der Waals surface area contributed by atoms with Gasteiger partial charge in [0.2, 0.25) is 5.91 Å². The molecule has 3 heterocycles. The van der Waals surface area contributed by atoms with Gasteiger partial charge in [-0.05, 0) is 121 Å². The number of aromatic nitrogens is 4. The molecule has 18 heteroatoms. The Hall–Kier alpha value is -5.88. The first-order valence-electron chi connectivity index (χ1n) is 35.2. The van der Waals surface area contributed by atoms with Crippen LogP contribution in [0.3, 0.4) is 0 Å². The SMILES string of the molecule is CCC.CCC.CCCC(=O)O.CCCCC(=O)O.CCCCCC.CCCCCOC(C)=O.CCCCOC(C)=O.CCCN(C)C.CCCNC(C)=O.CCCO.CCCOC(C)=O.CCCc1ccccn1.CCCc1ccncc1.CCCc1cnccn1. The lowest BCUT2D eigenvalue weighted by Gasteiger charge is -2.03. The minimum Gasteiger partial charge on any atom is -0.481 e. The molecule has 3 rings (SSSR count). The number of aryl methyl sites for hydroxylation is 3. The summed E-state index contributed by atoms with van der Waals surface area (Å²) in [5.74, 6) is -1.90. The highest BCUT2D eigenvalue weighted by molar-refractivity contribution is 5.72. The van der Waals surface area contributed by atoms with Crippen molar-refractivity contribution in [2.75, 3.05) is 53.6 Å². The first-order valence-corrected chi connectivity index (χ1v) is 35.2. The van der Waals surface area contributed by atoms with Gasteiger partial charge in [0.15, 0.2) is 0 Å². The molecule has 18 nitrogen and oxygen atoms in total. The highest BCUT2D eigenvalue weighted by Crippen LogP contribution is 2.00. The van der Waals surface area contributed by atoms with Gasteiger partial charge in [0, 0.05) is 96.6 Å². The summed E-state index contributed by atoms with van der Waals surface area (Å²) in [6.07, 6.45) is 38.1. The van der Waals surface area contributed by atoms with Gasteiger partial charge < -0.3 is 39.7 Å². The minimum absolute atomic E-state index is 0.0573. The van der Waals surface area contributed by atoms with Crippen molar-refractivity contribution in [1.82, 2.24) is 30.2 Å². The summed E-state index contributed by atoms with van der Waals surface area (Å²) >= 11 is 0. The lowest BCUT2D eigenvalue weighted by atomic mass is 10.2. The van der Waals surface area contributed by atoms with Gasteiger partial charge in [-0.3, -0.25) is 48.7 Å². The Morgan fingerprint density at radius 1 is 0.430 bits per heavy atom. The van der Waals surface area contributed by atoms with E-state index in [1.807, 2.05) is 71.5 Å². The number of carbonyl (C=O) groups excluding carboxylic acids is 4. The molecule has 3 aromatic heterocycles. The standard InChI is InChI=1S/2C8H11N.C7H10N2.C7H14O2.C6H12O2.C6H14.C5H11NO.C5H13N.2C5H10O2.C4H8O2.C3H8O.2C3H8/c1-2-5-8-6-3-4-7-9-8;1-2-3-8-4-6-9-7-5-8;1-2-3-7-6-8-4-5-9-7;1-3-4-5-6-9-7(2)8;1-3-4-5-8-6(2)7;1-3-5-6-4-2;1-3-4-6-5(2)7;1-4-5-6(2)3;1-3-4-7-5(2)6;1-2-3-4-5(6)7;1-2-3-4(5)6;1-2-3-4;2*1-3-2/h3-4,6-7H,2,5H2,1H3;4-7H,2-3H2,1H3;4-6H,2-3H2,1H3;3-6H2,1-2H3;3-5H2,1-2H3;3-6H2,1-2H3;3-4H2,1-2H3,(H,6,7);4-5H2,1-3H3;3-4H2,1-2H3;2-4H2,1H3,(H,6,7);2-3H2,1H3,(H,5,6);4H,2-3H2,1H3;2*3H2,1-2H3. The van der Waals surface area contributed by atoms with Crippen molar-refractivity contribution in [2.45, 2.75) is 312 Å². The Balaban J connectivity index is -0.0000000874. The zero-order chi connectivity index (χ0) is 73.8. The molecule has 0 saturated heterocycles. The van der Waals surface area contributed by atoms with Crippen LogP contribution >= 0.6 is 0 Å². The van der Waals surface area contributed by atoms with Gasteiger partial charge in [0.05, 0.1) is 25.5 Å². The number of nitrogens with zero attached hydrogens (tertiary/aromatic N) is 5.